The first-order chi connectivity index (χ1) is 11.6. The monoisotopic (exact) mass is 346 g/mol. The summed E-state index contributed by atoms with van der Waals surface area (Å²) in [5.41, 5.74) is -0.367. The lowest BCUT2D eigenvalue weighted by atomic mass is 9.96. The molecule has 1 unspecified atom stereocenters. The van der Waals surface area contributed by atoms with Crippen LogP contribution >= 0.6 is 11.3 Å². The molecule has 3 rings (SSSR count). The molecule has 1 aromatic carbocycles. The van der Waals surface area contributed by atoms with E-state index in [2.05, 4.69) is 10.6 Å². The summed E-state index contributed by atoms with van der Waals surface area (Å²) in [6.45, 7) is 2.62. The lowest BCUT2D eigenvalue weighted by Gasteiger charge is -2.27. The van der Waals surface area contributed by atoms with Crippen LogP contribution in [0.4, 0.5) is 10.5 Å². The molecule has 0 spiro atoms. The lowest BCUT2D eigenvalue weighted by Crippen LogP contribution is -2.43. The number of benzene rings is 1. The number of hydrogen-bond donors (Lipinski definition) is 3. The van der Waals surface area contributed by atoms with Gasteiger partial charge in [0, 0.05) is 4.88 Å². The minimum Gasteiger partial charge on any atom is -0.492 e. The van der Waals surface area contributed by atoms with E-state index in [0.29, 0.717) is 18.0 Å². The molecule has 3 N–H and O–H groups in total. The highest BCUT2D eigenvalue weighted by Crippen LogP contribution is 2.46. The van der Waals surface area contributed by atoms with Gasteiger partial charge in [0.25, 0.3) is 0 Å². The fourth-order valence-electron chi connectivity index (χ4n) is 2.75. The van der Waals surface area contributed by atoms with Crippen molar-refractivity contribution in [1.82, 2.24) is 5.32 Å². The largest absolute Gasteiger partial charge is 0.492 e. The van der Waals surface area contributed by atoms with E-state index in [9.17, 15) is 9.90 Å². The van der Waals surface area contributed by atoms with Gasteiger partial charge in [0.1, 0.15) is 11.4 Å². The number of amides is 2. The standard InChI is InChI=1S/C18H22N2O3S/c1-2-23-15-7-4-3-6-14(15)20-17(21)19-12-18(22,13-9-10-13)16-8-5-11-24-16/h3-8,11,13,22H,2,9-10,12H2,1H3,(H2,19,20,21). The SMILES string of the molecule is CCOc1ccccc1NC(=O)NCC(O)(c1cccs1)C1CC1. The van der Waals surface area contributed by atoms with Gasteiger partial charge < -0.3 is 20.5 Å². The van der Waals surface area contributed by atoms with Crippen LogP contribution in [0.15, 0.2) is 41.8 Å². The molecule has 24 heavy (non-hydrogen) atoms. The highest BCUT2D eigenvalue weighted by molar-refractivity contribution is 7.10. The Morgan fingerprint density at radius 3 is 2.79 bits per heavy atom. The number of anilines is 1. The van der Waals surface area contributed by atoms with Crippen molar-refractivity contribution in [3.63, 3.8) is 0 Å². The molecule has 1 aromatic heterocycles. The first-order valence-electron chi connectivity index (χ1n) is 8.16. The average molecular weight is 346 g/mol. The van der Waals surface area contributed by atoms with Crippen molar-refractivity contribution in [2.24, 2.45) is 5.92 Å². The molecule has 1 saturated carbocycles. The zero-order chi connectivity index (χ0) is 17.0. The van der Waals surface area contributed by atoms with Crippen LogP contribution in [-0.2, 0) is 5.60 Å². The topological polar surface area (TPSA) is 70.6 Å². The summed E-state index contributed by atoms with van der Waals surface area (Å²) < 4.78 is 5.50. The van der Waals surface area contributed by atoms with Crippen molar-refractivity contribution in [2.75, 3.05) is 18.5 Å². The van der Waals surface area contributed by atoms with Crippen LogP contribution in [0.3, 0.4) is 0 Å². The second kappa shape index (κ2) is 7.23. The molecule has 1 fully saturated rings. The summed E-state index contributed by atoms with van der Waals surface area (Å²) in [5.74, 6) is 0.845. The van der Waals surface area contributed by atoms with Gasteiger partial charge in [-0.1, -0.05) is 18.2 Å². The number of rotatable bonds is 7. The number of thiophene rings is 1. The van der Waals surface area contributed by atoms with Gasteiger partial charge in [-0.25, -0.2) is 4.79 Å². The van der Waals surface area contributed by atoms with Gasteiger partial charge in [-0.2, -0.15) is 0 Å². The molecule has 0 saturated heterocycles. The van der Waals surface area contributed by atoms with Crippen molar-refractivity contribution in [2.45, 2.75) is 25.4 Å². The van der Waals surface area contributed by atoms with E-state index in [1.165, 1.54) is 11.3 Å². The minimum atomic E-state index is -0.981. The van der Waals surface area contributed by atoms with Crippen molar-refractivity contribution in [3.8, 4) is 5.75 Å². The number of ether oxygens (including phenoxy) is 1. The number of carbonyl (C=O) groups excluding carboxylic acids is 1. The number of urea groups is 1. The number of carbonyl (C=O) groups is 1. The molecule has 6 heteroatoms. The smallest absolute Gasteiger partial charge is 0.319 e. The Morgan fingerprint density at radius 1 is 1.33 bits per heavy atom. The van der Waals surface area contributed by atoms with E-state index in [0.717, 1.165) is 17.7 Å². The van der Waals surface area contributed by atoms with Crippen LogP contribution in [0.25, 0.3) is 0 Å². The molecule has 1 aliphatic rings. The molecule has 5 nitrogen and oxygen atoms in total. The fraction of sp³-hybridized carbons (Fsp3) is 0.389. The van der Waals surface area contributed by atoms with Crippen molar-refractivity contribution in [1.29, 1.82) is 0 Å². The number of nitrogens with one attached hydrogen (secondary N) is 2. The van der Waals surface area contributed by atoms with E-state index >= 15 is 0 Å². The van der Waals surface area contributed by atoms with Crippen LogP contribution in [-0.4, -0.2) is 24.3 Å². The van der Waals surface area contributed by atoms with Crippen LogP contribution in [0.5, 0.6) is 5.75 Å². The van der Waals surface area contributed by atoms with Crippen LogP contribution in [0.2, 0.25) is 0 Å². The van der Waals surface area contributed by atoms with Gasteiger partial charge in [-0.3, -0.25) is 0 Å². The maximum absolute atomic E-state index is 12.2. The molecular formula is C18H22N2O3S. The van der Waals surface area contributed by atoms with Gasteiger partial charge in [0.15, 0.2) is 0 Å². The Balaban J connectivity index is 1.63. The van der Waals surface area contributed by atoms with Gasteiger partial charge in [0.2, 0.25) is 0 Å². The van der Waals surface area contributed by atoms with Gasteiger partial charge in [0.05, 0.1) is 18.8 Å². The third kappa shape index (κ3) is 3.71. The number of aliphatic hydroxyl groups is 1. The molecule has 2 aromatic rings. The third-order valence-corrected chi connectivity index (χ3v) is 5.19. The first-order valence-corrected chi connectivity index (χ1v) is 9.04. The fourth-order valence-corrected chi connectivity index (χ4v) is 3.66. The molecule has 2 amide bonds. The van der Waals surface area contributed by atoms with E-state index in [-0.39, 0.29) is 18.5 Å². The number of para-hydroxylation sites is 2. The summed E-state index contributed by atoms with van der Waals surface area (Å²) >= 11 is 1.52. The van der Waals surface area contributed by atoms with E-state index in [4.69, 9.17) is 4.74 Å². The molecular weight excluding hydrogens is 324 g/mol. The Labute approximate surface area is 145 Å². The summed E-state index contributed by atoms with van der Waals surface area (Å²) in [6.07, 6.45) is 1.98. The van der Waals surface area contributed by atoms with E-state index in [1.807, 2.05) is 42.6 Å². The van der Waals surface area contributed by atoms with Crippen molar-refractivity contribution >= 4 is 23.1 Å². The summed E-state index contributed by atoms with van der Waals surface area (Å²) in [4.78, 5) is 13.1. The molecule has 0 radical (unpaired) electrons. The van der Waals surface area contributed by atoms with E-state index < -0.39 is 5.60 Å². The third-order valence-electron chi connectivity index (χ3n) is 4.15. The second-order valence-corrected chi connectivity index (χ2v) is 6.86. The second-order valence-electron chi connectivity index (χ2n) is 5.91. The molecule has 0 aliphatic heterocycles. The predicted molar refractivity (Wildman–Crippen MR) is 95.6 cm³/mol. The van der Waals surface area contributed by atoms with Crippen LogP contribution < -0.4 is 15.4 Å². The maximum Gasteiger partial charge on any atom is 0.319 e. The van der Waals surface area contributed by atoms with Crippen molar-refractivity contribution < 1.29 is 14.6 Å². The summed E-state index contributed by atoms with van der Waals surface area (Å²) in [7, 11) is 0. The maximum atomic E-state index is 12.2. The molecule has 1 atom stereocenters. The van der Waals surface area contributed by atoms with Gasteiger partial charge in [-0.05, 0) is 49.3 Å². The molecule has 128 valence electrons. The molecule has 1 aliphatic carbocycles. The zero-order valence-electron chi connectivity index (χ0n) is 13.6. The first kappa shape index (κ1) is 16.8. The summed E-state index contributed by atoms with van der Waals surface area (Å²) in [5, 5.41) is 18.5. The Bertz CT molecular complexity index is 685. The normalized spacial score (nSPS) is 16.2. The zero-order valence-corrected chi connectivity index (χ0v) is 14.4. The van der Waals surface area contributed by atoms with Gasteiger partial charge >= 0.3 is 6.03 Å². The van der Waals surface area contributed by atoms with Crippen LogP contribution in [0.1, 0.15) is 24.6 Å². The van der Waals surface area contributed by atoms with Crippen LogP contribution in [0, 0.1) is 5.92 Å². The molecule has 1 heterocycles. The lowest BCUT2D eigenvalue weighted by molar-refractivity contribution is 0.0200. The number of hydrogen-bond acceptors (Lipinski definition) is 4. The Kier molecular flexibility index (Phi) is 5.06. The quantitative estimate of drug-likeness (QED) is 0.718. The van der Waals surface area contributed by atoms with Crippen molar-refractivity contribution in [3.05, 3.63) is 46.7 Å². The average Bonchev–Trinajstić information content (AvgIpc) is 3.30. The highest BCUT2D eigenvalue weighted by atomic mass is 32.1. The van der Waals surface area contributed by atoms with E-state index in [1.54, 1.807) is 6.07 Å². The van der Waals surface area contributed by atoms with Gasteiger partial charge in [-0.15, -0.1) is 11.3 Å². The Morgan fingerprint density at radius 2 is 2.12 bits per heavy atom. The minimum absolute atomic E-state index is 0.195. The Hall–Kier alpha value is -2.05. The predicted octanol–water partition coefficient (Wildman–Crippen LogP) is 3.57. The molecule has 0 bridgehead atoms. The highest BCUT2D eigenvalue weighted by Gasteiger charge is 2.45. The summed E-state index contributed by atoms with van der Waals surface area (Å²) in [6, 6.07) is 10.8.